The molecule has 0 aliphatic rings. The zero-order valence-corrected chi connectivity index (χ0v) is 7.79. The Morgan fingerprint density at radius 1 is 1.33 bits per heavy atom. The lowest BCUT2D eigenvalue weighted by Crippen LogP contribution is -1.89. The van der Waals surface area contributed by atoms with Crippen molar-refractivity contribution in [3.8, 4) is 0 Å². The number of pyridine rings is 2. The molecular formula is C11H8N2O2. The number of hydrogen-bond donors (Lipinski definition) is 1. The van der Waals surface area contributed by atoms with E-state index in [2.05, 4.69) is 9.97 Å². The van der Waals surface area contributed by atoms with Gasteiger partial charge in [0.1, 0.15) is 0 Å². The molecule has 2 rings (SSSR count). The Morgan fingerprint density at radius 3 is 3.00 bits per heavy atom. The summed E-state index contributed by atoms with van der Waals surface area (Å²) in [5, 5.41) is 9.39. The zero-order valence-electron chi connectivity index (χ0n) is 7.79. The molecule has 4 heteroatoms. The molecule has 0 saturated carbocycles. The van der Waals surface area contributed by atoms with Crippen molar-refractivity contribution in [1.29, 1.82) is 0 Å². The highest BCUT2D eigenvalue weighted by atomic mass is 16.4. The van der Waals surface area contributed by atoms with Crippen LogP contribution in [0.5, 0.6) is 0 Å². The number of hydrogen-bond acceptors (Lipinski definition) is 3. The number of rotatable bonds is 2. The van der Waals surface area contributed by atoms with Gasteiger partial charge in [-0.1, -0.05) is 0 Å². The number of carboxylic acids is 1. The summed E-state index contributed by atoms with van der Waals surface area (Å²) in [5.74, 6) is -0.988. The van der Waals surface area contributed by atoms with E-state index in [1.807, 2.05) is 18.2 Å². The van der Waals surface area contributed by atoms with Crippen LogP contribution in [0, 0.1) is 0 Å². The van der Waals surface area contributed by atoms with Gasteiger partial charge in [-0.15, -0.1) is 0 Å². The molecule has 1 N–H and O–H groups in total. The van der Waals surface area contributed by atoms with Crippen LogP contribution in [0.1, 0.15) is 5.69 Å². The van der Waals surface area contributed by atoms with Crippen molar-refractivity contribution in [3.05, 3.63) is 42.2 Å². The SMILES string of the molecule is O=C(O)/C=C/c1ccc2cccnc2n1. The fourth-order valence-corrected chi connectivity index (χ4v) is 1.22. The van der Waals surface area contributed by atoms with Crippen molar-refractivity contribution in [2.75, 3.05) is 0 Å². The summed E-state index contributed by atoms with van der Waals surface area (Å²) in [6, 6.07) is 7.34. The molecule has 0 fully saturated rings. The molecule has 0 aliphatic carbocycles. The molecule has 4 nitrogen and oxygen atoms in total. The third-order valence-corrected chi connectivity index (χ3v) is 1.88. The van der Waals surface area contributed by atoms with E-state index in [9.17, 15) is 4.79 Å². The molecule has 0 amide bonds. The first kappa shape index (κ1) is 9.33. The predicted molar refractivity (Wildman–Crippen MR) is 56.2 cm³/mol. The lowest BCUT2D eigenvalue weighted by atomic mass is 10.2. The second-order valence-corrected chi connectivity index (χ2v) is 2.96. The number of carboxylic acid groups (broad SMARTS) is 1. The van der Waals surface area contributed by atoms with Crippen LogP contribution in [0.4, 0.5) is 0 Å². The van der Waals surface area contributed by atoms with Crippen molar-refractivity contribution in [2.45, 2.75) is 0 Å². The van der Waals surface area contributed by atoms with Gasteiger partial charge in [0.15, 0.2) is 5.65 Å². The van der Waals surface area contributed by atoms with Gasteiger partial charge in [0.25, 0.3) is 0 Å². The van der Waals surface area contributed by atoms with Crippen LogP contribution in [0.2, 0.25) is 0 Å². The largest absolute Gasteiger partial charge is 0.478 e. The molecule has 74 valence electrons. The maximum atomic E-state index is 10.3. The average Bonchev–Trinajstić information content (AvgIpc) is 2.26. The minimum atomic E-state index is -0.988. The molecule has 15 heavy (non-hydrogen) atoms. The molecule has 0 atom stereocenters. The minimum Gasteiger partial charge on any atom is -0.478 e. The van der Waals surface area contributed by atoms with Gasteiger partial charge in [-0.2, -0.15) is 0 Å². The first-order chi connectivity index (χ1) is 7.25. The molecule has 2 aromatic rings. The Kier molecular flexibility index (Phi) is 2.41. The second kappa shape index (κ2) is 3.88. The first-order valence-electron chi connectivity index (χ1n) is 4.38. The van der Waals surface area contributed by atoms with E-state index in [1.165, 1.54) is 6.08 Å². The Balaban J connectivity index is 2.43. The quantitative estimate of drug-likeness (QED) is 0.750. The van der Waals surface area contributed by atoms with Crippen LogP contribution in [0.15, 0.2) is 36.5 Å². The van der Waals surface area contributed by atoms with Crippen LogP contribution in [0.3, 0.4) is 0 Å². The highest BCUT2D eigenvalue weighted by Crippen LogP contribution is 2.09. The molecule has 0 aromatic carbocycles. The number of aromatic nitrogens is 2. The number of aliphatic carboxylic acids is 1. The highest BCUT2D eigenvalue weighted by molar-refractivity contribution is 5.85. The molecule has 0 saturated heterocycles. The highest BCUT2D eigenvalue weighted by Gasteiger charge is 1.96. The van der Waals surface area contributed by atoms with E-state index < -0.39 is 5.97 Å². The topological polar surface area (TPSA) is 63.1 Å². The van der Waals surface area contributed by atoms with Gasteiger partial charge in [-0.05, 0) is 30.3 Å². The van der Waals surface area contributed by atoms with Crippen molar-refractivity contribution in [1.82, 2.24) is 9.97 Å². The van der Waals surface area contributed by atoms with Crippen LogP contribution in [-0.4, -0.2) is 21.0 Å². The molecule has 0 aliphatic heterocycles. The fourth-order valence-electron chi connectivity index (χ4n) is 1.22. The standard InChI is InChI=1S/C11H8N2O2/c14-10(15)6-5-9-4-3-8-2-1-7-12-11(8)13-9/h1-7H,(H,14,15)/b6-5+. The van der Waals surface area contributed by atoms with Gasteiger partial charge in [0.2, 0.25) is 0 Å². The number of nitrogens with zero attached hydrogens (tertiary/aromatic N) is 2. The summed E-state index contributed by atoms with van der Waals surface area (Å²) in [6.07, 6.45) is 4.15. The van der Waals surface area contributed by atoms with Gasteiger partial charge < -0.3 is 5.11 Å². The van der Waals surface area contributed by atoms with Crippen LogP contribution >= 0.6 is 0 Å². The lowest BCUT2D eigenvalue weighted by Gasteiger charge is -1.96. The summed E-state index contributed by atoms with van der Waals surface area (Å²) >= 11 is 0. The first-order valence-corrected chi connectivity index (χ1v) is 4.38. The number of fused-ring (bicyclic) bond motifs is 1. The average molecular weight is 200 g/mol. The molecular weight excluding hydrogens is 192 g/mol. The zero-order chi connectivity index (χ0) is 10.7. The van der Waals surface area contributed by atoms with E-state index in [4.69, 9.17) is 5.11 Å². The Hall–Kier alpha value is -2.23. The molecule has 0 radical (unpaired) electrons. The van der Waals surface area contributed by atoms with E-state index in [0.29, 0.717) is 11.3 Å². The summed E-state index contributed by atoms with van der Waals surface area (Å²) in [5.41, 5.74) is 1.20. The van der Waals surface area contributed by atoms with Gasteiger partial charge >= 0.3 is 5.97 Å². The third-order valence-electron chi connectivity index (χ3n) is 1.88. The normalized spacial score (nSPS) is 10.9. The monoisotopic (exact) mass is 200 g/mol. The van der Waals surface area contributed by atoms with Gasteiger partial charge in [0, 0.05) is 17.7 Å². The number of carbonyl (C=O) groups is 1. The maximum absolute atomic E-state index is 10.3. The fraction of sp³-hybridized carbons (Fsp3) is 0. The maximum Gasteiger partial charge on any atom is 0.328 e. The second-order valence-electron chi connectivity index (χ2n) is 2.96. The molecule has 2 heterocycles. The van der Waals surface area contributed by atoms with Gasteiger partial charge in [-0.3, -0.25) is 0 Å². The van der Waals surface area contributed by atoms with E-state index in [0.717, 1.165) is 11.5 Å². The van der Waals surface area contributed by atoms with Crippen molar-refractivity contribution in [3.63, 3.8) is 0 Å². The minimum absolute atomic E-state index is 0.587. The summed E-state index contributed by atoms with van der Waals surface area (Å²) in [4.78, 5) is 18.6. The van der Waals surface area contributed by atoms with E-state index >= 15 is 0 Å². The molecule has 0 spiro atoms. The smallest absolute Gasteiger partial charge is 0.328 e. The van der Waals surface area contributed by atoms with Crippen molar-refractivity contribution < 1.29 is 9.90 Å². The molecule has 0 unspecified atom stereocenters. The Morgan fingerprint density at radius 2 is 2.20 bits per heavy atom. The predicted octanol–water partition coefficient (Wildman–Crippen LogP) is 1.73. The van der Waals surface area contributed by atoms with E-state index in [-0.39, 0.29) is 0 Å². The lowest BCUT2D eigenvalue weighted by molar-refractivity contribution is -0.131. The van der Waals surface area contributed by atoms with Crippen molar-refractivity contribution in [2.24, 2.45) is 0 Å². The van der Waals surface area contributed by atoms with Gasteiger partial charge in [-0.25, -0.2) is 14.8 Å². The van der Waals surface area contributed by atoms with E-state index in [1.54, 1.807) is 12.3 Å². The van der Waals surface area contributed by atoms with Crippen LogP contribution in [-0.2, 0) is 4.79 Å². The molecule has 0 bridgehead atoms. The summed E-state index contributed by atoms with van der Waals surface area (Å²) < 4.78 is 0. The third kappa shape index (κ3) is 2.17. The van der Waals surface area contributed by atoms with Crippen LogP contribution < -0.4 is 0 Å². The molecule has 2 aromatic heterocycles. The van der Waals surface area contributed by atoms with Crippen LogP contribution in [0.25, 0.3) is 17.1 Å². The van der Waals surface area contributed by atoms with Gasteiger partial charge in [0.05, 0.1) is 5.69 Å². The Labute approximate surface area is 85.9 Å². The van der Waals surface area contributed by atoms with Crippen molar-refractivity contribution >= 4 is 23.1 Å². The summed E-state index contributed by atoms with van der Waals surface area (Å²) in [7, 11) is 0. The Bertz CT molecular complexity index is 535. The summed E-state index contributed by atoms with van der Waals surface area (Å²) in [6.45, 7) is 0.